The number of hydrogen-bond acceptors (Lipinski definition) is 4. The van der Waals surface area contributed by atoms with Crippen molar-refractivity contribution >= 4 is 49.5 Å². The van der Waals surface area contributed by atoms with Crippen LogP contribution in [0.5, 0.6) is 0 Å². The molecule has 7 heteroatoms. The fourth-order valence-electron chi connectivity index (χ4n) is 6.86. The molecule has 33 heavy (non-hydrogen) atoms. The first-order valence-electron chi connectivity index (χ1n) is 11.3. The SMILES string of the molecule is C[C@]12OCC(n3c4ccccc4c4c5c(c6c7ccccc7n1c6c43)CNC5=O)[C@@]2(O)CO. The molecule has 5 heterocycles. The van der Waals surface area contributed by atoms with E-state index in [1.807, 2.05) is 49.4 Å². The van der Waals surface area contributed by atoms with Gasteiger partial charge in [0.25, 0.3) is 5.91 Å². The highest BCUT2D eigenvalue weighted by Gasteiger charge is 2.63. The summed E-state index contributed by atoms with van der Waals surface area (Å²) in [5.41, 5.74) is 2.63. The molecule has 164 valence electrons. The van der Waals surface area contributed by atoms with Crippen LogP contribution in [0.2, 0.25) is 0 Å². The van der Waals surface area contributed by atoms with Crippen molar-refractivity contribution in [3.8, 4) is 0 Å². The van der Waals surface area contributed by atoms with E-state index in [2.05, 4.69) is 20.5 Å². The quantitative estimate of drug-likeness (QED) is 0.375. The van der Waals surface area contributed by atoms with Crippen molar-refractivity contribution in [1.29, 1.82) is 0 Å². The molecule has 3 N–H and O–H groups in total. The molecule has 2 bridgehead atoms. The lowest BCUT2D eigenvalue weighted by Crippen LogP contribution is -2.55. The van der Waals surface area contributed by atoms with Gasteiger partial charge in [0.2, 0.25) is 0 Å². The van der Waals surface area contributed by atoms with Crippen LogP contribution < -0.4 is 5.32 Å². The topological polar surface area (TPSA) is 88.7 Å². The first-order chi connectivity index (χ1) is 16.0. The van der Waals surface area contributed by atoms with Crippen LogP contribution >= 0.6 is 0 Å². The number of ether oxygens (including phenoxy) is 1. The Balaban J connectivity index is 1.80. The van der Waals surface area contributed by atoms with Gasteiger partial charge in [0.15, 0.2) is 11.3 Å². The molecule has 3 aliphatic rings. The number of fused-ring (bicyclic) bond motifs is 13. The van der Waals surface area contributed by atoms with Crippen LogP contribution in [0.4, 0.5) is 0 Å². The number of benzene rings is 3. The molecule has 2 aromatic heterocycles. The fourth-order valence-corrected chi connectivity index (χ4v) is 6.86. The van der Waals surface area contributed by atoms with Gasteiger partial charge in [-0.25, -0.2) is 0 Å². The summed E-state index contributed by atoms with van der Waals surface area (Å²) in [6.45, 7) is 2.12. The van der Waals surface area contributed by atoms with E-state index in [0.717, 1.165) is 49.2 Å². The van der Waals surface area contributed by atoms with Gasteiger partial charge in [0, 0.05) is 33.6 Å². The van der Waals surface area contributed by atoms with Gasteiger partial charge in [0.1, 0.15) is 0 Å². The number of aromatic nitrogens is 2. The second kappa shape index (κ2) is 5.39. The molecule has 5 aromatic rings. The van der Waals surface area contributed by atoms with Crippen LogP contribution in [0.15, 0.2) is 48.5 Å². The fraction of sp³-hybridized carbons (Fsp3) is 0.269. The third kappa shape index (κ3) is 1.69. The van der Waals surface area contributed by atoms with Crippen LogP contribution in [0.3, 0.4) is 0 Å². The lowest BCUT2D eigenvalue weighted by Gasteiger charge is -2.40. The number of carbonyl (C=O) groups is 1. The molecule has 3 aromatic carbocycles. The molecule has 1 amide bonds. The van der Waals surface area contributed by atoms with Crippen LogP contribution in [0.1, 0.15) is 28.9 Å². The van der Waals surface area contributed by atoms with Crippen LogP contribution in [0.25, 0.3) is 43.6 Å². The molecule has 1 fully saturated rings. The number of amides is 1. The molecule has 1 saturated heterocycles. The summed E-state index contributed by atoms with van der Waals surface area (Å²) in [7, 11) is 0. The molecular formula is C26H21N3O4. The van der Waals surface area contributed by atoms with Crippen LogP contribution in [0, 0.1) is 0 Å². The zero-order chi connectivity index (χ0) is 22.3. The number of aliphatic hydroxyl groups excluding tert-OH is 1. The maximum absolute atomic E-state index is 13.2. The normalized spacial score (nSPS) is 27.8. The summed E-state index contributed by atoms with van der Waals surface area (Å²) in [6.07, 6.45) is 0. The van der Waals surface area contributed by atoms with Gasteiger partial charge in [-0.1, -0.05) is 36.4 Å². The van der Waals surface area contributed by atoms with Gasteiger partial charge in [0.05, 0.1) is 41.4 Å². The molecule has 1 unspecified atom stereocenters. The van der Waals surface area contributed by atoms with Crippen molar-refractivity contribution in [3.05, 3.63) is 59.7 Å². The lowest BCUT2D eigenvalue weighted by molar-refractivity contribution is -0.180. The van der Waals surface area contributed by atoms with Crippen molar-refractivity contribution in [2.75, 3.05) is 13.2 Å². The third-order valence-corrected chi connectivity index (χ3v) is 8.37. The van der Waals surface area contributed by atoms with E-state index in [1.165, 1.54) is 0 Å². The van der Waals surface area contributed by atoms with Crippen molar-refractivity contribution < 1.29 is 19.7 Å². The largest absolute Gasteiger partial charge is 0.393 e. The smallest absolute Gasteiger partial charge is 0.252 e. The van der Waals surface area contributed by atoms with E-state index in [9.17, 15) is 15.0 Å². The summed E-state index contributed by atoms with van der Waals surface area (Å²) in [5, 5.41) is 29.7. The number of hydrogen-bond donors (Lipinski definition) is 3. The van der Waals surface area contributed by atoms with Crippen LogP contribution in [-0.4, -0.2) is 44.1 Å². The molecular weight excluding hydrogens is 418 g/mol. The number of nitrogens with zero attached hydrogens (tertiary/aromatic N) is 2. The Labute approximate surface area is 187 Å². The minimum Gasteiger partial charge on any atom is -0.393 e. The number of rotatable bonds is 1. The summed E-state index contributed by atoms with van der Waals surface area (Å²) in [4.78, 5) is 13.2. The first kappa shape index (κ1) is 18.1. The van der Waals surface area contributed by atoms with E-state index in [4.69, 9.17) is 4.74 Å². The van der Waals surface area contributed by atoms with Gasteiger partial charge in [-0.05, 0) is 24.6 Å². The number of carbonyl (C=O) groups excluding carboxylic acids is 1. The zero-order valence-corrected chi connectivity index (χ0v) is 17.9. The molecule has 7 nitrogen and oxygen atoms in total. The molecule has 3 aliphatic heterocycles. The molecule has 0 aliphatic carbocycles. The van der Waals surface area contributed by atoms with Gasteiger partial charge in [-0.2, -0.15) is 0 Å². The monoisotopic (exact) mass is 439 g/mol. The minimum atomic E-state index is -1.57. The highest BCUT2D eigenvalue weighted by molar-refractivity contribution is 6.31. The Morgan fingerprint density at radius 1 is 1.06 bits per heavy atom. The minimum absolute atomic E-state index is 0.0686. The van der Waals surface area contributed by atoms with Crippen molar-refractivity contribution in [2.45, 2.75) is 30.8 Å². The zero-order valence-electron chi connectivity index (χ0n) is 17.9. The van der Waals surface area contributed by atoms with Crippen molar-refractivity contribution in [2.24, 2.45) is 0 Å². The van der Waals surface area contributed by atoms with E-state index in [0.29, 0.717) is 12.1 Å². The standard InChI is InChI=1S/C26H21N3O4/c1-25-26(32,12-30)18(11-33-25)28-16-8-4-2-6-13(16)20-21-15(10-27-24(21)31)19-14-7-3-5-9-17(14)29(25)23(19)22(20)28/h2-9,18,30,32H,10-12H2,1H3,(H,27,31)/t18?,25-,26+/m1/s1. The molecule has 3 atom stereocenters. The predicted octanol–water partition coefficient (Wildman–Crippen LogP) is 3.13. The van der Waals surface area contributed by atoms with E-state index in [-0.39, 0.29) is 12.5 Å². The van der Waals surface area contributed by atoms with Crippen LogP contribution in [-0.2, 0) is 17.0 Å². The Kier molecular flexibility index (Phi) is 2.95. The summed E-state index contributed by atoms with van der Waals surface area (Å²) < 4.78 is 10.6. The molecule has 0 radical (unpaired) electrons. The van der Waals surface area contributed by atoms with Crippen molar-refractivity contribution in [3.63, 3.8) is 0 Å². The molecule has 0 saturated carbocycles. The van der Waals surface area contributed by atoms with E-state index in [1.54, 1.807) is 0 Å². The second-order valence-corrected chi connectivity index (χ2v) is 9.62. The average Bonchev–Trinajstić information content (AvgIpc) is 3.52. The Morgan fingerprint density at radius 3 is 2.52 bits per heavy atom. The summed E-state index contributed by atoms with van der Waals surface area (Å²) in [5.74, 6) is -0.0686. The van der Waals surface area contributed by atoms with Gasteiger partial charge in [-0.3, -0.25) is 4.79 Å². The Hall–Kier alpha value is -3.39. The number of aliphatic hydroxyl groups is 2. The third-order valence-electron chi connectivity index (χ3n) is 8.37. The van der Waals surface area contributed by atoms with Gasteiger partial charge >= 0.3 is 0 Å². The van der Waals surface area contributed by atoms with Gasteiger partial charge < -0.3 is 29.4 Å². The summed E-state index contributed by atoms with van der Waals surface area (Å²) >= 11 is 0. The molecule has 0 spiro atoms. The highest BCUT2D eigenvalue weighted by Crippen LogP contribution is 2.56. The predicted molar refractivity (Wildman–Crippen MR) is 124 cm³/mol. The maximum Gasteiger partial charge on any atom is 0.252 e. The van der Waals surface area contributed by atoms with Gasteiger partial charge in [-0.15, -0.1) is 0 Å². The average molecular weight is 439 g/mol. The summed E-state index contributed by atoms with van der Waals surface area (Å²) in [6, 6.07) is 15.5. The van der Waals surface area contributed by atoms with E-state index >= 15 is 0 Å². The van der Waals surface area contributed by atoms with Crippen molar-refractivity contribution in [1.82, 2.24) is 14.5 Å². The maximum atomic E-state index is 13.2. The number of para-hydroxylation sites is 2. The number of nitrogens with one attached hydrogen (secondary N) is 1. The lowest BCUT2D eigenvalue weighted by atomic mass is 9.87. The second-order valence-electron chi connectivity index (χ2n) is 9.62. The Bertz CT molecular complexity index is 1730. The first-order valence-corrected chi connectivity index (χ1v) is 11.3. The highest BCUT2D eigenvalue weighted by atomic mass is 16.5. The Morgan fingerprint density at radius 2 is 1.76 bits per heavy atom. The van der Waals surface area contributed by atoms with E-state index < -0.39 is 24.0 Å². The molecule has 8 rings (SSSR count).